The number of carbonyl (C=O) groups is 3. The summed E-state index contributed by atoms with van der Waals surface area (Å²) >= 11 is 1.31. The van der Waals surface area contributed by atoms with Crippen LogP contribution in [0.2, 0.25) is 0 Å². The summed E-state index contributed by atoms with van der Waals surface area (Å²) in [5.41, 5.74) is 3.13. The molecule has 1 saturated heterocycles. The van der Waals surface area contributed by atoms with E-state index in [-0.39, 0.29) is 30.4 Å². The highest BCUT2D eigenvalue weighted by Crippen LogP contribution is 2.31. The van der Waals surface area contributed by atoms with Gasteiger partial charge in [-0.1, -0.05) is 48.5 Å². The largest absolute Gasteiger partial charge is 0.376 e. The second-order valence-corrected chi connectivity index (χ2v) is 9.85. The molecule has 1 fully saturated rings. The van der Waals surface area contributed by atoms with Crippen LogP contribution in [0.4, 0.5) is 5.69 Å². The SMILES string of the molecule is Cc1ccc(C)c(N(C(=O)CNC(=O)c2cccs2)[C@H](C(=O)NC[C@H]2CCCO2)c2ccccc2)c1. The maximum Gasteiger partial charge on any atom is 0.261 e. The van der Waals surface area contributed by atoms with E-state index in [9.17, 15) is 14.4 Å². The molecular formula is C28H31N3O4S. The molecule has 2 heterocycles. The van der Waals surface area contributed by atoms with Gasteiger partial charge in [-0.05, 0) is 60.9 Å². The minimum absolute atomic E-state index is 0.0275. The zero-order chi connectivity index (χ0) is 25.5. The summed E-state index contributed by atoms with van der Waals surface area (Å²) in [6.07, 6.45) is 1.84. The molecule has 1 aliphatic heterocycles. The third-order valence-corrected chi connectivity index (χ3v) is 7.06. The van der Waals surface area contributed by atoms with E-state index in [2.05, 4.69) is 10.6 Å². The lowest BCUT2D eigenvalue weighted by molar-refractivity contribution is -0.126. The Bertz CT molecular complexity index is 1190. The Balaban J connectivity index is 1.67. The first-order valence-electron chi connectivity index (χ1n) is 12.1. The summed E-state index contributed by atoms with van der Waals surface area (Å²) in [6, 6.07) is 17.6. The average molecular weight is 506 g/mol. The van der Waals surface area contributed by atoms with Crippen molar-refractivity contribution in [1.29, 1.82) is 0 Å². The molecule has 3 amide bonds. The van der Waals surface area contributed by atoms with Gasteiger partial charge in [0, 0.05) is 18.8 Å². The number of anilines is 1. The molecule has 0 saturated carbocycles. The summed E-state index contributed by atoms with van der Waals surface area (Å²) in [7, 11) is 0. The second-order valence-electron chi connectivity index (χ2n) is 8.91. The van der Waals surface area contributed by atoms with Gasteiger partial charge in [0.2, 0.25) is 11.8 Å². The number of carbonyl (C=O) groups excluding carboxylic acids is 3. The van der Waals surface area contributed by atoms with Crippen molar-refractivity contribution in [2.24, 2.45) is 0 Å². The molecule has 0 radical (unpaired) electrons. The Hall–Kier alpha value is -3.49. The number of benzene rings is 2. The van der Waals surface area contributed by atoms with Crippen LogP contribution in [0.25, 0.3) is 0 Å². The Morgan fingerprint density at radius 1 is 1.06 bits per heavy atom. The fraction of sp³-hybridized carbons (Fsp3) is 0.321. The highest BCUT2D eigenvalue weighted by molar-refractivity contribution is 7.12. The predicted octanol–water partition coefficient (Wildman–Crippen LogP) is 4.16. The van der Waals surface area contributed by atoms with Gasteiger partial charge >= 0.3 is 0 Å². The summed E-state index contributed by atoms with van der Waals surface area (Å²) in [6.45, 7) is 4.68. The van der Waals surface area contributed by atoms with Crippen molar-refractivity contribution in [2.45, 2.75) is 38.8 Å². The number of ether oxygens (including phenoxy) is 1. The molecule has 0 unspecified atom stereocenters. The Labute approximate surface area is 215 Å². The molecule has 3 aromatic rings. The molecular weight excluding hydrogens is 474 g/mol. The van der Waals surface area contributed by atoms with Crippen molar-refractivity contribution in [3.63, 3.8) is 0 Å². The molecule has 2 atom stereocenters. The van der Waals surface area contributed by atoms with Crippen LogP contribution in [-0.4, -0.2) is 43.5 Å². The number of rotatable bonds is 9. The molecule has 1 aromatic heterocycles. The predicted molar refractivity (Wildman–Crippen MR) is 141 cm³/mol. The minimum atomic E-state index is -0.917. The number of hydrogen-bond donors (Lipinski definition) is 2. The maximum absolute atomic E-state index is 13.8. The van der Waals surface area contributed by atoms with E-state index in [4.69, 9.17) is 4.74 Å². The first-order valence-corrected chi connectivity index (χ1v) is 13.0. The van der Waals surface area contributed by atoms with Crippen molar-refractivity contribution in [2.75, 3.05) is 24.6 Å². The molecule has 7 nitrogen and oxygen atoms in total. The quantitative estimate of drug-likeness (QED) is 0.457. The van der Waals surface area contributed by atoms with E-state index < -0.39 is 6.04 Å². The van der Waals surface area contributed by atoms with Crippen molar-refractivity contribution < 1.29 is 19.1 Å². The molecule has 0 aliphatic carbocycles. The number of nitrogens with one attached hydrogen (secondary N) is 2. The monoisotopic (exact) mass is 505 g/mol. The molecule has 2 N–H and O–H groups in total. The highest BCUT2D eigenvalue weighted by atomic mass is 32.1. The topological polar surface area (TPSA) is 87.7 Å². The molecule has 0 spiro atoms. The number of nitrogens with zero attached hydrogens (tertiary/aromatic N) is 1. The van der Waals surface area contributed by atoms with Crippen LogP contribution in [-0.2, 0) is 14.3 Å². The van der Waals surface area contributed by atoms with Crippen LogP contribution in [0, 0.1) is 13.8 Å². The van der Waals surface area contributed by atoms with Gasteiger partial charge in [-0.2, -0.15) is 0 Å². The molecule has 1 aliphatic rings. The van der Waals surface area contributed by atoms with Crippen LogP contribution in [0.5, 0.6) is 0 Å². The van der Waals surface area contributed by atoms with Gasteiger partial charge in [0.1, 0.15) is 6.04 Å². The summed E-state index contributed by atoms with van der Waals surface area (Å²) in [4.78, 5) is 42.0. The molecule has 188 valence electrons. The van der Waals surface area contributed by atoms with Crippen molar-refractivity contribution >= 4 is 34.7 Å². The molecule has 36 heavy (non-hydrogen) atoms. The first-order chi connectivity index (χ1) is 17.4. The van der Waals surface area contributed by atoms with Gasteiger partial charge in [0.25, 0.3) is 5.91 Å². The lowest BCUT2D eigenvalue weighted by Crippen LogP contribution is -2.48. The standard InChI is InChI=1S/C28H31N3O4S/c1-19-12-13-20(2)23(16-19)31(25(32)18-30-27(33)24-11-7-15-36-24)26(21-8-4-3-5-9-21)28(34)29-17-22-10-6-14-35-22/h3-5,7-9,11-13,15-16,22,26H,6,10,14,17-18H2,1-2H3,(H,29,34)(H,30,33)/t22-,26+/m1/s1. The maximum atomic E-state index is 13.8. The van der Waals surface area contributed by atoms with Gasteiger partial charge in [-0.15, -0.1) is 11.3 Å². The zero-order valence-electron chi connectivity index (χ0n) is 20.5. The van der Waals surface area contributed by atoms with E-state index in [1.165, 1.54) is 16.2 Å². The van der Waals surface area contributed by atoms with Crippen LogP contribution in [0.3, 0.4) is 0 Å². The van der Waals surface area contributed by atoms with Gasteiger partial charge in [0.15, 0.2) is 0 Å². The van der Waals surface area contributed by atoms with E-state index in [0.29, 0.717) is 29.3 Å². The average Bonchev–Trinajstić information content (AvgIpc) is 3.61. The molecule has 0 bridgehead atoms. The van der Waals surface area contributed by atoms with Gasteiger partial charge < -0.3 is 15.4 Å². The van der Waals surface area contributed by atoms with E-state index in [0.717, 1.165) is 24.0 Å². The van der Waals surface area contributed by atoms with E-state index >= 15 is 0 Å². The van der Waals surface area contributed by atoms with Crippen molar-refractivity contribution in [3.8, 4) is 0 Å². The number of amides is 3. The van der Waals surface area contributed by atoms with Crippen molar-refractivity contribution in [1.82, 2.24) is 10.6 Å². The summed E-state index contributed by atoms with van der Waals surface area (Å²) in [5, 5.41) is 7.53. The second kappa shape index (κ2) is 12.0. The zero-order valence-corrected chi connectivity index (χ0v) is 21.3. The molecule has 8 heteroatoms. The summed E-state index contributed by atoms with van der Waals surface area (Å²) in [5.74, 6) is -0.997. The minimum Gasteiger partial charge on any atom is -0.376 e. The lowest BCUT2D eigenvalue weighted by Gasteiger charge is -2.33. The van der Waals surface area contributed by atoms with Gasteiger partial charge in [0.05, 0.1) is 17.5 Å². The number of thiophene rings is 1. The smallest absolute Gasteiger partial charge is 0.261 e. The normalized spacial score (nSPS) is 15.8. The highest BCUT2D eigenvalue weighted by Gasteiger charge is 2.34. The Morgan fingerprint density at radius 3 is 2.56 bits per heavy atom. The van der Waals surface area contributed by atoms with Crippen LogP contribution in [0.1, 0.15) is 45.2 Å². The van der Waals surface area contributed by atoms with Crippen LogP contribution < -0.4 is 15.5 Å². The lowest BCUT2D eigenvalue weighted by atomic mass is 10.0. The Morgan fingerprint density at radius 2 is 1.86 bits per heavy atom. The number of hydrogen-bond acceptors (Lipinski definition) is 5. The van der Waals surface area contributed by atoms with Gasteiger partial charge in [-0.3, -0.25) is 19.3 Å². The third kappa shape index (κ3) is 6.19. The van der Waals surface area contributed by atoms with E-state index in [1.54, 1.807) is 12.1 Å². The number of aryl methyl sites for hydroxylation is 2. The van der Waals surface area contributed by atoms with Crippen LogP contribution >= 0.6 is 11.3 Å². The van der Waals surface area contributed by atoms with Gasteiger partial charge in [-0.25, -0.2) is 0 Å². The van der Waals surface area contributed by atoms with E-state index in [1.807, 2.05) is 67.8 Å². The molecule has 2 aromatic carbocycles. The fourth-order valence-electron chi connectivity index (χ4n) is 4.30. The van der Waals surface area contributed by atoms with Crippen LogP contribution in [0.15, 0.2) is 66.0 Å². The van der Waals surface area contributed by atoms with Crippen molar-refractivity contribution in [3.05, 3.63) is 87.6 Å². The fourth-order valence-corrected chi connectivity index (χ4v) is 4.94. The first kappa shape index (κ1) is 25.6. The molecule has 4 rings (SSSR count). The third-order valence-electron chi connectivity index (χ3n) is 6.19. The Kier molecular flexibility index (Phi) is 8.51. The summed E-state index contributed by atoms with van der Waals surface area (Å²) < 4.78 is 5.67.